The minimum absolute atomic E-state index is 0.00814. The third-order valence-electron chi connectivity index (χ3n) is 5.40. The number of pyridine rings is 1. The van der Waals surface area contributed by atoms with Gasteiger partial charge in [0.1, 0.15) is 0 Å². The fourth-order valence-corrected chi connectivity index (χ4v) is 3.74. The summed E-state index contributed by atoms with van der Waals surface area (Å²) in [4.78, 5) is 23.7. The molecule has 5 rings (SSSR count). The minimum Gasteiger partial charge on any atom is -0.334 e. The molecule has 0 spiro atoms. The molecule has 4 aromatic rings. The molecule has 0 unspecified atom stereocenters. The van der Waals surface area contributed by atoms with Gasteiger partial charge in [0.05, 0.1) is 23.0 Å². The summed E-state index contributed by atoms with van der Waals surface area (Å²) in [5.41, 5.74) is 4.60. The number of aryl methyl sites for hydroxylation is 1. The van der Waals surface area contributed by atoms with Gasteiger partial charge in [-0.2, -0.15) is 10.1 Å². The molecule has 150 valence electrons. The van der Waals surface area contributed by atoms with Crippen LogP contribution in [0.2, 0.25) is 0 Å². The zero-order valence-corrected chi connectivity index (χ0v) is 16.7. The molecule has 0 fully saturated rings. The molecule has 30 heavy (non-hydrogen) atoms. The van der Waals surface area contributed by atoms with Crippen molar-refractivity contribution in [3.63, 3.8) is 0 Å². The molecule has 1 aromatic carbocycles. The predicted octanol–water partition coefficient (Wildman–Crippen LogP) is 3.13. The van der Waals surface area contributed by atoms with Crippen LogP contribution in [-0.2, 0) is 13.0 Å². The first-order valence-electron chi connectivity index (χ1n) is 9.78. The number of hydrogen-bond acceptors (Lipinski definition) is 6. The summed E-state index contributed by atoms with van der Waals surface area (Å²) < 4.78 is 6.85. The van der Waals surface area contributed by atoms with Crippen LogP contribution in [0.4, 0.5) is 0 Å². The number of amides is 1. The van der Waals surface area contributed by atoms with E-state index >= 15 is 0 Å². The van der Waals surface area contributed by atoms with Crippen molar-refractivity contribution in [1.82, 2.24) is 29.8 Å². The Hall–Kier alpha value is -3.81. The molecule has 4 heterocycles. The Balaban J connectivity index is 1.38. The summed E-state index contributed by atoms with van der Waals surface area (Å²) >= 11 is 0. The van der Waals surface area contributed by atoms with Crippen LogP contribution in [0.15, 0.2) is 53.3 Å². The molecule has 1 aliphatic rings. The number of carbonyl (C=O) groups is 1. The number of carbonyl (C=O) groups excluding carboxylic acids is 1. The highest BCUT2D eigenvalue weighted by Gasteiger charge is 2.25. The maximum absolute atomic E-state index is 13.1. The highest BCUT2D eigenvalue weighted by molar-refractivity contribution is 5.95. The molecule has 0 saturated heterocycles. The second-order valence-corrected chi connectivity index (χ2v) is 7.35. The Morgan fingerprint density at radius 2 is 1.90 bits per heavy atom. The fraction of sp³-hybridized carbons (Fsp3) is 0.227. The first-order chi connectivity index (χ1) is 14.6. The van der Waals surface area contributed by atoms with Gasteiger partial charge in [0, 0.05) is 19.3 Å². The zero-order valence-electron chi connectivity index (χ0n) is 16.7. The normalized spacial score (nSPS) is 13.3. The molecule has 1 amide bonds. The largest absolute Gasteiger partial charge is 0.334 e. The summed E-state index contributed by atoms with van der Waals surface area (Å²) in [6, 6.07) is 11.9. The van der Waals surface area contributed by atoms with Crippen molar-refractivity contribution in [1.29, 1.82) is 0 Å². The number of fused-ring (bicyclic) bond motifs is 1. The van der Waals surface area contributed by atoms with Gasteiger partial charge in [-0.05, 0) is 43.5 Å². The van der Waals surface area contributed by atoms with Gasteiger partial charge in [-0.1, -0.05) is 29.4 Å². The van der Waals surface area contributed by atoms with E-state index in [0.717, 1.165) is 17.7 Å². The lowest BCUT2D eigenvalue weighted by Crippen LogP contribution is -2.36. The van der Waals surface area contributed by atoms with Crippen molar-refractivity contribution < 1.29 is 9.32 Å². The van der Waals surface area contributed by atoms with E-state index in [1.807, 2.05) is 36.1 Å². The van der Waals surface area contributed by atoms with E-state index in [4.69, 9.17) is 4.52 Å². The molecule has 0 bridgehead atoms. The van der Waals surface area contributed by atoms with Gasteiger partial charge in [0.25, 0.3) is 11.8 Å². The van der Waals surface area contributed by atoms with Crippen LogP contribution < -0.4 is 0 Å². The maximum atomic E-state index is 13.1. The fourth-order valence-electron chi connectivity index (χ4n) is 3.74. The number of aromatic nitrogens is 5. The molecule has 0 atom stereocenters. The first-order valence-corrected chi connectivity index (χ1v) is 9.78. The minimum atomic E-state index is -0.00814. The van der Waals surface area contributed by atoms with E-state index in [1.165, 1.54) is 11.1 Å². The second-order valence-electron chi connectivity index (χ2n) is 7.35. The van der Waals surface area contributed by atoms with Crippen molar-refractivity contribution in [2.24, 2.45) is 0 Å². The number of rotatable bonds is 3. The van der Waals surface area contributed by atoms with Gasteiger partial charge in [0.15, 0.2) is 11.6 Å². The zero-order chi connectivity index (χ0) is 20.7. The number of benzene rings is 1. The van der Waals surface area contributed by atoms with Crippen LogP contribution in [0.1, 0.15) is 33.0 Å². The molecule has 0 N–H and O–H groups in total. The van der Waals surface area contributed by atoms with Crippen molar-refractivity contribution in [3.05, 3.63) is 77.0 Å². The van der Waals surface area contributed by atoms with Crippen molar-refractivity contribution in [3.8, 4) is 17.3 Å². The molecule has 3 aromatic heterocycles. The molecule has 0 radical (unpaired) electrons. The van der Waals surface area contributed by atoms with Crippen LogP contribution in [0, 0.1) is 13.8 Å². The van der Waals surface area contributed by atoms with Crippen LogP contribution in [0.25, 0.3) is 17.3 Å². The Labute approximate surface area is 173 Å². The Bertz CT molecular complexity index is 1220. The monoisotopic (exact) mass is 400 g/mol. The molecule has 0 aliphatic carbocycles. The molecular formula is C22H20N6O2. The lowest BCUT2D eigenvalue weighted by atomic mass is 9.99. The predicted molar refractivity (Wildman–Crippen MR) is 109 cm³/mol. The van der Waals surface area contributed by atoms with Crippen LogP contribution >= 0.6 is 0 Å². The Morgan fingerprint density at radius 3 is 2.63 bits per heavy atom. The topological polar surface area (TPSA) is 89.9 Å². The van der Waals surface area contributed by atoms with Crippen LogP contribution in [0.5, 0.6) is 0 Å². The van der Waals surface area contributed by atoms with Gasteiger partial charge in [0.2, 0.25) is 0 Å². The third kappa shape index (κ3) is 3.16. The number of hydrogen-bond donors (Lipinski definition) is 0. The highest BCUT2D eigenvalue weighted by Crippen LogP contribution is 2.23. The van der Waals surface area contributed by atoms with E-state index < -0.39 is 0 Å². The SMILES string of the molecule is Cc1noc(-c2ccc(-n3ncc(C(=O)N4CCc5ccccc5C4)c3C)nc2)n1. The smallest absolute Gasteiger partial charge is 0.259 e. The van der Waals surface area contributed by atoms with Crippen molar-refractivity contribution >= 4 is 5.91 Å². The highest BCUT2D eigenvalue weighted by atomic mass is 16.5. The second kappa shape index (κ2) is 7.22. The molecule has 1 aliphatic heterocycles. The summed E-state index contributed by atoms with van der Waals surface area (Å²) in [5.74, 6) is 1.60. The molecular weight excluding hydrogens is 380 g/mol. The lowest BCUT2D eigenvalue weighted by molar-refractivity contribution is 0.0734. The van der Waals surface area contributed by atoms with Gasteiger partial charge in [-0.25, -0.2) is 9.67 Å². The van der Waals surface area contributed by atoms with E-state index in [1.54, 1.807) is 24.0 Å². The van der Waals surface area contributed by atoms with Gasteiger partial charge < -0.3 is 9.42 Å². The average Bonchev–Trinajstić information content (AvgIpc) is 3.38. The van der Waals surface area contributed by atoms with E-state index in [-0.39, 0.29) is 5.91 Å². The first kappa shape index (κ1) is 18.2. The standard InChI is InChI=1S/C22H20N6O2/c1-14-19(22(29)27-10-9-16-5-3-4-6-18(16)13-27)12-24-28(14)20-8-7-17(11-23-20)21-25-15(2)26-30-21/h3-8,11-12H,9-10,13H2,1-2H3. The average molecular weight is 400 g/mol. The summed E-state index contributed by atoms with van der Waals surface area (Å²) in [5, 5.41) is 8.20. The number of nitrogens with zero attached hydrogens (tertiary/aromatic N) is 6. The Morgan fingerprint density at radius 1 is 1.07 bits per heavy atom. The third-order valence-corrected chi connectivity index (χ3v) is 5.40. The van der Waals surface area contributed by atoms with E-state index in [0.29, 0.717) is 36.2 Å². The summed E-state index contributed by atoms with van der Waals surface area (Å²) in [7, 11) is 0. The Kier molecular flexibility index (Phi) is 4.39. The molecule has 8 heteroatoms. The van der Waals surface area contributed by atoms with Crippen molar-refractivity contribution in [2.45, 2.75) is 26.8 Å². The maximum Gasteiger partial charge on any atom is 0.259 e. The van der Waals surface area contributed by atoms with E-state index in [2.05, 4.69) is 32.4 Å². The van der Waals surface area contributed by atoms with Gasteiger partial charge in [-0.15, -0.1) is 0 Å². The van der Waals surface area contributed by atoms with Crippen molar-refractivity contribution in [2.75, 3.05) is 6.54 Å². The van der Waals surface area contributed by atoms with Gasteiger partial charge in [-0.3, -0.25) is 4.79 Å². The van der Waals surface area contributed by atoms with Crippen LogP contribution in [-0.4, -0.2) is 42.3 Å². The van der Waals surface area contributed by atoms with Gasteiger partial charge >= 0.3 is 0 Å². The lowest BCUT2D eigenvalue weighted by Gasteiger charge is -2.28. The van der Waals surface area contributed by atoms with E-state index in [9.17, 15) is 4.79 Å². The summed E-state index contributed by atoms with van der Waals surface area (Å²) in [6.45, 7) is 4.98. The summed E-state index contributed by atoms with van der Waals surface area (Å²) in [6.07, 6.45) is 4.15. The molecule has 0 saturated carbocycles. The quantitative estimate of drug-likeness (QED) is 0.525. The molecule has 8 nitrogen and oxygen atoms in total. The van der Waals surface area contributed by atoms with Crippen LogP contribution in [0.3, 0.4) is 0 Å².